The molecule has 2 unspecified atom stereocenters. The smallest absolute Gasteiger partial charge is 0.271 e. The number of aromatic nitrogens is 2. The van der Waals surface area contributed by atoms with E-state index in [9.17, 15) is 9.59 Å². The number of ether oxygens (including phenoxy) is 1. The number of carbonyl (C=O) groups excluding carboxylic acids is 2. The number of rotatable bonds is 6. The third-order valence-corrected chi connectivity index (χ3v) is 4.84. The molecule has 1 aromatic heterocycles. The van der Waals surface area contributed by atoms with E-state index in [1.165, 1.54) is 6.07 Å². The van der Waals surface area contributed by atoms with E-state index in [0.29, 0.717) is 12.2 Å². The largest absolute Gasteiger partial charge is 0.376 e. The van der Waals surface area contributed by atoms with Crippen LogP contribution in [-0.4, -0.2) is 47.9 Å². The first-order chi connectivity index (χ1) is 13.1. The zero-order valence-corrected chi connectivity index (χ0v) is 15.8. The van der Waals surface area contributed by atoms with Gasteiger partial charge in [-0.25, -0.2) is 0 Å². The van der Waals surface area contributed by atoms with Gasteiger partial charge in [0.2, 0.25) is 0 Å². The summed E-state index contributed by atoms with van der Waals surface area (Å²) in [4.78, 5) is 24.8. The fraction of sp³-hybridized carbons (Fsp3) is 0.450. The van der Waals surface area contributed by atoms with E-state index in [0.717, 1.165) is 31.4 Å². The fourth-order valence-electron chi connectivity index (χ4n) is 3.24. The maximum atomic E-state index is 12.8. The summed E-state index contributed by atoms with van der Waals surface area (Å²) in [6.07, 6.45) is 3.18. The lowest BCUT2D eigenvalue weighted by molar-refractivity contribution is 0.0168. The first-order valence-corrected chi connectivity index (χ1v) is 9.36. The Morgan fingerprint density at radius 3 is 2.70 bits per heavy atom. The van der Waals surface area contributed by atoms with Gasteiger partial charge in [0, 0.05) is 26.3 Å². The van der Waals surface area contributed by atoms with Crippen LogP contribution >= 0.6 is 0 Å². The highest BCUT2D eigenvalue weighted by Gasteiger charge is 2.23. The number of benzene rings is 1. The summed E-state index contributed by atoms with van der Waals surface area (Å²) in [6, 6.07) is 11.1. The third kappa shape index (κ3) is 4.54. The molecule has 1 aliphatic rings. The molecule has 0 spiro atoms. The Labute approximate surface area is 159 Å². The SMILES string of the molecule is CNC(=O)c1cc(C(=O)NCC2CCCCO2)n(C(C)c2ccccc2)n1. The topological polar surface area (TPSA) is 85.3 Å². The first kappa shape index (κ1) is 19.1. The van der Waals surface area contributed by atoms with Gasteiger partial charge in [-0.1, -0.05) is 30.3 Å². The lowest BCUT2D eigenvalue weighted by atomic mass is 10.1. The van der Waals surface area contributed by atoms with Gasteiger partial charge in [-0.05, 0) is 31.7 Å². The molecule has 1 saturated heterocycles. The lowest BCUT2D eigenvalue weighted by Crippen LogP contribution is -2.36. The van der Waals surface area contributed by atoms with Crippen molar-refractivity contribution in [3.63, 3.8) is 0 Å². The molecule has 2 amide bonds. The van der Waals surface area contributed by atoms with E-state index in [1.54, 1.807) is 11.7 Å². The van der Waals surface area contributed by atoms with Crippen LogP contribution in [0, 0.1) is 0 Å². The van der Waals surface area contributed by atoms with Crippen molar-refractivity contribution in [3.8, 4) is 0 Å². The average Bonchev–Trinajstić information content (AvgIpc) is 3.18. The predicted molar refractivity (Wildman–Crippen MR) is 102 cm³/mol. The Kier molecular flexibility index (Phi) is 6.24. The molecule has 0 radical (unpaired) electrons. The Morgan fingerprint density at radius 2 is 2.04 bits per heavy atom. The molecule has 1 aromatic carbocycles. The number of hydrogen-bond donors (Lipinski definition) is 2. The number of carbonyl (C=O) groups is 2. The molecule has 2 N–H and O–H groups in total. The van der Waals surface area contributed by atoms with Crippen LogP contribution in [0.3, 0.4) is 0 Å². The second kappa shape index (κ2) is 8.81. The molecule has 7 nitrogen and oxygen atoms in total. The van der Waals surface area contributed by atoms with Gasteiger partial charge in [-0.15, -0.1) is 0 Å². The monoisotopic (exact) mass is 370 g/mol. The van der Waals surface area contributed by atoms with Gasteiger partial charge in [0.25, 0.3) is 11.8 Å². The van der Waals surface area contributed by atoms with Gasteiger partial charge >= 0.3 is 0 Å². The van der Waals surface area contributed by atoms with Crippen molar-refractivity contribution in [1.82, 2.24) is 20.4 Å². The highest BCUT2D eigenvalue weighted by Crippen LogP contribution is 2.20. The zero-order chi connectivity index (χ0) is 19.2. The van der Waals surface area contributed by atoms with Crippen molar-refractivity contribution in [2.75, 3.05) is 20.2 Å². The Morgan fingerprint density at radius 1 is 1.26 bits per heavy atom. The summed E-state index contributed by atoms with van der Waals surface area (Å²) in [6.45, 7) is 3.15. The quantitative estimate of drug-likeness (QED) is 0.816. The van der Waals surface area contributed by atoms with Crippen LogP contribution in [0.25, 0.3) is 0 Å². The molecule has 1 aliphatic heterocycles. The van der Waals surface area contributed by atoms with Gasteiger partial charge in [-0.2, -0.15) is 5.10 Å². The highest BCUT2D eigenvalue weighted by molar-refractivity contribution is 5.97. The summed E-state index contributed by atoms with van der Waals surface area (Å²) < 4.78 is 7.28. The molecule has 2 atom stereocenters. The minimum absolute atomic E-state index is 0.0454. The van der Waals surface area contributed by atoms with Crippen LogP contribution in [0.15, 0.2) is 36.4 Å². The molecule has 2 heterocycles. The van der Waals surface area contributed by atoms with E-state index in [4.69, 9.17) is 4.74 Å². The minimum Gasteiger partial charge on any atom is -0.376 e. The molecule has 0 aliphatic carbocycles. The standard InChI is InChI=1S/C20H26N4O3/c1-14(15-8-4-3-5-9-15)24-18(12-17(23-24)19(25)21-2)20(26)22-13-16-10-6-7-11-27-16/h3-5,8-9,12,14,16H,6-7,10-11,13H2,1-2H3,(H,21,25)(H,22,26). The van der Waals surface area contributed by atoms with Crippen molar-refractivity contribution in [3.05, 3.63) is 53.3 Å². The van der Waals surface area contributed by atoms with Crippen LogP contribution in [0.2, 0.25) is 0 Å². The third-order valence-electron chi connectivity index (χ3n) is 4.84. The van der Waals surface area contributed by atoms with Crippen molar-refractivity contribution in [2.24, 2.45) is 0 Å². The zero-order valence-electron chi connectivity index (χ0n) is 15.8. The summed E-state index contributed by atoms with van der Waals surface area (Å²) in [7, 11) is 1.54. The second-order valence-electron chi connectivity index (χ2n) is 6.72. The van der Waals surface area contributed by atoms with Crippen LogP contribution in [0.4, 0.5) is 0 Å². The number of amides is 2. The predicted octanol–water partition coefficient (Wildman–Crippen LogP) is 2.15. The van der Waals surface area contributed by atoms with Crippen LogP contribution in [0.1, 0.15) is 58.8 Å². The Hall–Kier alpha value is -2.67. The summed E-state index contributed by atoms with van der Waals surface area (Å²) in [5.41, 5.74) is 1.59. The van der Waals surface area contributed by atoms with Gasteiger partial charge in [0.1, 0.15) is 5.69 Å². The maximum absolute atomic E-state index is 12.8. The van der Waals surface area contributed by atoms with Crippen molar-refractivity contribution in [1.29, 1.82) is 0 Å². The van der Waals surface area contributed by atoms with Crippen LogP contribution < -0.4 is 10.6 Å². The number of nitrogens with zero attached hydrogens (tertiary/aromatic N) is 2. The Bertz CT molecular complexity index is 782. The van der Waals surface area contributed by atoms with E-state index < -0.39 is 0 Å². The molecule has 1 fully saturated rings. The van der Waals surface area contributed by atoms with Crippen molar-refractivity contribution in [2.45, 2.75) is 38.3 Å². The fourth-order valence-corrected chi connectivity index (χ4v) is 3.24. The van der Waals surface area contributed by atoms with Crippen molar-refractivity contribution < 1.29 is 14.3 Å². The normalized spacial score (nSPS) is 17.9. The molecule has 27 heavy (non-hydrogen) atoms. The van der Waals surface area contributed by atoms with Crippen LogP contribution in [0.5, 0.6) is 0 Å². The van der Waals surface area contributed by atoms with E-state index >= 15 is 0 Å². The summed E-state index contributed by atoms with van der Waals surface area (Å²) in [5.74, 6) is -0.576. The maximum Gasteiger partial charge on any atom is 0.271 e. The summed E-state index contributed by atoms with van der Waals surface area (Å²) >= 11 is 0. The number of nitrogens with one attached hydrogen (secondary N) is 2. The van der Waals surface area contributed by atoms with Gasteiger partial charge < -0.3 is 15.4 Å². The number of hydrogen-bond acceptors (Lipinski definition) is 4. The summed E-state index contributed by atoms with van der Waals surface area (Å²) in [5, 5.41) is 9.87. The molecule has 2 aromatic rings. The van der Waals surface area contributed by atoms with Gasteiger partial charge in [0.05, 0.1) is 12.1 Å². The molecular weight excluding hydrogens is 344 g/mol. The van der Waals surface area contributed by atoms with Crippen LogP contribution in [-0.2, 0) is 4.74 Å². The lowest BCUT2D eigenvalue weighted by Gasteiger charge is -2.23. The molecule has 3 rings (SSSR count). The van der Waals surface area contributed by atoms with E-state index in [1.807, 2.05) is 37.3 Å². The van der Waals surface area contributed by atoms with Crippen molar-refractivity contribution >= 4 is 11.8 Å². The van der Waals surface area contributed by atoms with Gasteiger partial charge in [-0.3, -0.25) is 14.3 Å². The van der Waals surface area contributed by atoms with Gasteiger partial charge in [0.15, 0.2) is 5.69 Å². The molecule has 0 bridgehead atoms. The Balaban J connectivity index is 1.82. The minimum atomic E-state index is -0.321. The van der Waals surface area contributed by atoms with E-state index in [-0.39, 0.29) is 29.7 Å². The second-order valence-corrected chi connectivity index (χ2v) is 6.72. The van der Waals surface area contributed by atoms with E-state index in [2.05, 4.69) is 15.7 Å². The first-order valence-electron chi connectivity index (χ1n) is 9.36. The molecule has 7 heteroatoms. The average molecular weight is 370 g/mol. The highest BCUT2D eigenvalue weighted by atomic mass is 16.5. The molecular formula is C20H26N4O3. The molecule has 0 saturated carbocycles. The molecule has 144 valence electrons.